The van der Waals surface area contributed by atoms with E-state index in [4.69, 9.17) is 14.9 Å². The van der Waals surface area contributed by atoms with Gasteiger partial charge in [-0.1, -0.05) is 12.1 Å². The largest absolute Gasteiger partial charge is 0.484 e. The molecule has 0 aromatic heterocycles. The molecular weight excluding hydrogens is 222 g/mol. The lowest BCUT2D eigenvalue weighted by Crippen LogP contribution is -2.64. The van der Waals surface area contributed by atoms with Gasteiger partial charge in [-0.05, 0) is 17.7 Å². The molecule has 0 aliphatic carbocycles. The minimum absolute atomic E-state index is 0.0245. The predicted molar refractivity (Wildman–Crippen MR) is 60.8 cm³/mol. The molecule has 1 heterocycles. The van der Waals surface area contributed by atoms with E-state index in [1.165, 1.54) is 0 Å². The van der Waals surface area contributed by atoms with Crippen LogP contribution in [0.4, 0.5) is 0 Å². The molecule has 0 radical (unpaired) electrons. The highest BCUT2D eigenvalue weighted by Gasteiger charge is 2.41. The van der Waals surface area contributed by atoms with Crippen molar-refractivity contribution in [3.63, 3.8) is 0 Å². The van der Waals surface area contributed by atoms with Crippen LogP contribution in [0.15, 0.2) is 24.3 Å². The summed E-state index contributed by atoms with van der Waals surface area (Å²) >= 11 is 0. The number of carboxylic acid groups (broad SMARTS) is 1. The van der Waals surface area contributed by atoms with E-state index in [2.05, 4.69) is 5.32 Å². The van der Waals surface area contributed by atoms with E-state index in [0.717, 1.165) is 5.56 Å². The Morgan fingerprint density at radius 3 is 2.76 bits per heavy atom. The molecule has 17 heavy (non-hydrogen) atoms. The number of nitrogens with one attached hydrogen (secondary N) is 1. The molecule has 0 amide bonds. The maximum atomic E-state index is 10.8. The number of aliphatic hydroxyl groups excluding tert-OH is 1. The maximum absolute atomic E-state index is 10.8. The zero-order valence-corrected chi connectivity index (χ0v) is 9.35. The van der Waals surface area contributed by atoms with Crippen LogP contribution in [0.5, 0.6) is 5.75 Å². The first kappa shape index (κ1) is 11.9. The van der Waals surface area contributed by atoms with Crippen LogP contribution in [0.1, 0.15) is 12.0 Å². The van der Waals surface area contributed by atoms with Crippen LogP contribution >= 0.6 is 0 Å². The second-order valence-corrected chi connectivity index (χ2v) is 4.26. The van der Waals surface area contributed by atoms with Crippen LogP contribution in [0.25, 0.3) is 0 Å². The predicted octanol–water partition coefficient (Wildman–Crippen LogP) is 0.374. The van der Waals surface area contributed by atoms with E-state index in [1.54, 1.807) is 24.3 Å². The van der Waals surface area contributed by atoms with Gasteiger partial charge in [0.1, 0.15) is 11.4 Å². The average Bonchev–Trinajstić information content (AvgIpc) is 2.26. The average molecular weight is 237 g/mol. The Morgan fingerprint density at radius 1 is 1.47 bits per heavy atom. The van der Waals surface area contributed by atoms with Gasteiger partial charge in [0.15, 0.2) is 0 Å². The molecule has 0 atom stereocenters. The number of hydrogen-bond acceptors (Lipinski definition) is 4. The Kier molecular flexibility index (Phi) is 3.31. The third kappa shape index (κ3) is 2.75. The summed E-state index contributed by atoms with van der Waals surface area (Å²) in [5, 5.41) is 20.9. The molecule has 1 aromatic rings. The number of aliphatic hydroxyl groups is 1. The summed E-state index contributed by atoms with van der Waals surface area (Å²) in [6.45, 7) is 1.01. The van der Waals surface area contributed by atoms with Crippen molar-refractivity contribution in [1.82, 2.24) is 5.32 Å². The first-order chi connectivity index (χ1) is 8.13. The Morgan fingerprint density at radius 2 is 2.24 bits per heavy atom. The first-order valence-electron chi connectivity index (χ1n) is 5.45. The smallest absolute Gasteiger partial charge is 0.307 e. The second kappa shape index (κ2) is 4.73. The van der Waals surface area contributed by atoms with E-state index < -0.39 is 11.6 Å². The monoisotopic (exact) mass is 237 g/mol. The van der Waals surface area contributed by atoms with Crippen molar-refractivity contribution in [1.29, 1.82) is 0 Å². The van der Waals surface area contributed by atoms with Crippen molar-refractivity contribution < 1.29 is 19.7 Å². The van der Waals surface area contributed by atoms with Crippen LogP contribution in [0.3, 0.4) is 0 Å². The fourth-order valence-electron chi connectivity index (χ4n) is 1.87. The molecule has 0 bridgehead atoms. The van der Waals surface area contributed by atoms with E-state index in [1.807, 2.05) is 0 Å². The molecule has 5 nitrogen and oxygen atoms in total. The summed E-state index contributed by atoms with van der Waals surface area (Å²) in [5.74, 6) is -0.274. The van der Waals surface area contributed by atoms with E-state index >= 15 is 0 Å². The summed E-state index contributed by atoms with van der Waals surface area (Å²) in [4.78, 5) is 10.8. The zero-order chi connectivity index (χ0) is 12.3. The molecule has 1 aliphatic rings. The Labute approximate surface area is 99.0 Å². The summed E-state index contributed by atoms with van der Waals surface area (Å²) < 4.78 is 5.74. The Bertz CT molecular complexity index is 415. The number of hydrogen-bond donors (Lipinski definition) is 3. The summed E-state index contributed by atoms with van der Waals surface area (Å²) in [6.07, 6.45) is -0.0245. The molecule has 1 saturated heterocycles. The number of aliphatic carboxylic acids is 1. The molecule has 5 heteroatoms. The fourth-order valence-corrected chi connectivity index (χ4v) is 1.87. The zero-order valence-electron chi connectivity index (χ0n) is 9.35. The third-order valence-electron chi connectivity index (χ3n) is 2.78. The molecular formula is C12H15NO4. The number of ether oxygens (including phenoxy) is 1. The third-order valence-corrected chi connectivity index (χ3v) is 2.78. The van der Waals surface area contributed by atoms with Crippen LogP contribution in [0.2, 0.25) is 0 Å². The number of carboxylic acids is 1. The van der Waals surface area contributed by atoms with Gasteiger partial charge >= 0.3 is 5.97 Å². The van der Waals surface area contributed by atoms with Crippen molar-refractivity contribution in [2.45, 2.75) is 18.6 Å². The van der Waals surface area contributed by atoms with Gasteiger partial charge in [-0.25, -0.2) is 0 Å². The molecule has 0 saturated carbocycles. The molecule has 1 aromatic carbocycles. The van der Waals surface area contributed by atoms with Gasteiger partial charge in [0.05, 0.1) is 13.0 Å². The highest BCUT2D eigenvalue weighted by atomic mass is 16.5. The van der Waals surface area contributed by atoms with E-state index in [0.29, 0.717) is 18.8 Å². The van der Waals surface area contributed by atoms with Crippen molar-refractivity contribution in [2.24, 2.45) is 0 Å². The molecule has 0 unspecified atom stereocenters. The number of carbonyl (C=O) groups is 1. The molecule has 3 N–H and O–H groups in total. The highest BCUT2D eigenvalue weighted by molar-refractivity contribution is 5.68. The number of benzene rings is 1. The summed E-state index contributed by atoms with van der Waals surface area (Å²) in [5.41, 5.74) is 0.0974. The van der Waals surface area contributed by atoms with Gasteiger partial charge in [0.25, 0.3) is 0 Å². The molecule has 0 spiro atoms. The lowest BCUT2D eigenvalue weighted by Gasteiger charge is -2.41. The molecule has 92 valence electrons. The number of rotatable bonds is 5. The van der Waals surface area contributed by atoms with Gasteiger partial charge in [-0.15, -0.1) is 0 Å². The maximum Gasteiger partial charge on any atom is 0.307 e. The second-order valence-electron chi connectivity index (χ2n) is 4.26. The first-order valence-corrected chi connectivity index (χ1v) is 5.45. The van der Waals surface area contributed by atoms with Crippen LogP contribution < -0.4 is 10.1 Å². The lowest BCUT2D eigenvalue weighted by molar-refractivity contribution is -0.143. The fraction of sp³-hybridized carbons (Fsp3) is 0.417. The van der Waals surface area contributed by atoms with Crippen LogP contribution in [-0.4, -0.2) is 34.9 Å². The SMILES string of the molecule is O=C(O)CC1(Oc2cccc(CO)c2)CNC1. The molecule has 1 aliphatic heterocycles. The van der Waals surface area contributed by atoms with Crippen molar-refractivity contribution >= 4 is 5.97 Å². The van der Waals surface area contributed by atoms with Crippen molar-refractivity contribution in [3.8, 4) is 5.75 Å². The minimum Gasteiger partial charge on any atom is -0.484 e. The van der Waals surface area contributed by atoms with Gasteiger partial charge in [0, 0.05) is 13.1 Å². The standard InChI is InChI=1S/C12H15NO4/c14-6-9-2-1-3-10(4-9)17-12(5-11(15)16)7-13-8-12/h1-4,13-14H,5-8H2,(H,15,16). The Balaban J connectivity index is 2.09. The van der Waals surface area contributed by atoms with Gasteiger partial charge in [0.2, 0.25) is 0 Å². The quantitative estimate of drug-likeness (QED) is 0.689. The topological polar surface area (TPSA) is 78.8 Å². The van der Waals surface area contributed by atoms with Gasteiger partial charge in [-0.3, -0.25) is 4.79 Å². The highest BCUT2D eigenvalue weighted by Crippen LogP contribution is 2.26. The Hall–Kier alpha value is -1.59. The molecule has 2 rings (SSSR count). The van der Waals surface area contributed by atoms with Gasteiger partial charge in [-0.2, -0.15) is 0 Å². The van der Waals surface area contributed by atoms with E-state index in [-0.39, 0.29) is 13.0 Å². The normalized spacial score (nSPS) is 17.2. The minimum atomic E-state index is -0.871. The lowest BCUT2D eigenvalue weighted by atomic mass is 9.92. The molecule has 1 fully saturated rings. The van der Waals surface area contributed by atoms with E-state index in [9.17, 15) is 4.79 Å². The van der Waals surface area contributed by atoms with Crippen LogP contribution in [-0.2, 0) is 11.4 Å². The van der Waals surface area contributed by atoms with Crippen molar-refractivity contribution in [2.75, 3.05) is 13.1 Å². The van der Waals surface area contributed by atoms with Crippen LogP contribution in [0, 0.1) is 0 Å². The van der Waals surface area contributed by atoms with Gasteiger partial charge < -0.3 is 20.3 Å². The summed E-state index contributed by atoms with van der Waals surface area (Å²) in [7, 11) is 0. The summed E-state index contributed by atoms with van der Waals surface area (Å²) in [6, 6.07) is 7.06. The van der Waals surface area contributed by atoms with Crippen molar-refractivity contribution in [3.05, 3.63) is 29.8 Å².